The number of carbonyl (C=O) groups is 2. The summed E-state index contributed by atoms with van der Waals surface area (Å²) in [6.07, 6.45) is 0. The van der Waals surface area contributed by atoms with Crippen molar-refractivity contribution in [3.8, 4) is 0 Å². The van der Waals surface area contributed by atoms with E-state index in [9.17, 15) is 9.59 Å². The maximum atomic E-state index is 12.0. The maximum absolute atomic E-state index is 12.0. The zero-order valence-electron chi connectivity index (χ0n) is 10.5. The van der Waals surface area contributed by atoms with Crippen LogP contribution >= 0.6 is 67.8 Å². The molecule has 0 saturated heterocycles. The Hall–Kier alpha value is 0.0900. The molecule has 0 fully saturated rings. The Bertz CT molecular complexity index is 555. The van der Waals surface area contributed by atoms with Gasteiger partial charge in [-0.15, -0.1) is 0 Å². The van der Waals surface area contributed by atoms with Gasteiger partial charge in [0.15, 0.2) is 0 Å². The summed E-state index contributed by atoms with van der Waals surface area (Å²) in [5, 5.41) is 0. The van der Waals surface area contributed by atoms with Crippen LogP contribution in [-0.2, 0) is 14.3 Å². The SMILES string of the molecule is C=C(COC(=O)c1ccc(I)c(I)c1I)C(=O)OCC. The molecule has 0 unspecified atom stereocenters. The first-order chi connectivity index (χ1) is 9.38. The number of rotatable bonds is 5. The molecule has 0 N–H and O–H groups in total. The highest BCUT2D eigenvalue weighted by molar-refractivity contribution is 14.1. The first-order valence-corrected chi connectivity index (χ1v) is 8.77. The third kappa shape index (κ3) is 4.83. The minimum atomic E-state index is -0.549. The predicted molar refractivity (Wildman–Crippen MR) is 101 cm³/mol. The molecule has 20 heavy (non-hydrogen) atoms. The first-order valence-electron chi connectivity index (χ1n) is 5.54. The molecule has 1 aromatic rings. The van der Waals surface area contributed by atoms with E-state index in [1.165, 1.54) is 0 Å². The van der Waals surface area contributed by atoms with Gasteiger partial charge in [-0.05, 0) is 86.8 Å². The van der Waals surface area contributed by atoms with Gasteiger partial charge in [-0.1, -0.05) is 6.58 Å². The van der Waals surface area contributed by atoms with E-state index in [1.54, 1.807) is 13.0 Å². The van der Waals surface area contributed by atoms with Gasteiger partial charge in [0.2, 0.25) is 0 Å². The lowest BCUT2D eigenvalue weighted by molar-refractivity contribution is -0.138. The molecule has 7 heteroatoms. The van der Waals surface area contributed by atoms with Crippen LogP contribution in [-0.4, -0.2) is 25.2 Å². The standard InChI is InChI=1S/C13H11I3O4/c1-3-19-12(17)7(2)6-20-13(18)8-4-5-9(14)11(16)10(8)15/h4-5H,2-3,6H2,1H3. The van der Waals surface area contributed by atoms with Crippen molar-refractivity contribution >= 4 is 79.7 Å². The van der Waals surface area contributed by atoms with Crippen molar-refractivity contribution in [2.45, 2.75) is 6.92 Å². The molecule has 0 aliphatic carbocycles. The average Bonchev–Trinajstić information content (AvgIpc) is 2.42. The molecule has 108 valence electrons. The number of esters is 2. The van der Waals surface area contributed by atoms with Crippen molar-refractivity contribution < 1.29 is 19.1 Å². The van der Waals surface area contributed by atoms with Gasteiger partial charge < -0.3 is 9.47 Å². The van der Waals surface area contributed by atoms with E-state index in [4.69, 9.17) is 9.47 Å². The zero-order valence-corrected chi connectivity index (χ0v) is 17.0. The summed E-state index contributed by atoms with van der Waals surface area (Å²) in [4.78, 5) is 23.3. The van der Waals surface area contributed by atoms with Gasteiger partial charge in [-0.25, -0.2) is 9.59 Å². The van der Waals surface area contributed by atoms with Crippen LogP contribution in [0.4, 0.5) is 0 Å². The molecule has 0 radical (unpaired) electrons. The largest absolute Gasteiger partial charge is 0.463 e. The van der Waals surface area contributed by atoms with Gasteiger partial charge >= 0.3 is 11.9 Å². The third-order valence-electron chi connectivity index (χ3n) is 2.20. The second-order valence-corrected chi connectivity index (χ2v) is 6.94. The van der Waals surface area contributed by atoms with Crippen LogP contribution in [0.25, 0.3) is 0 Å². The van der Waals surface area contributed by atoms with Crippen molar-refractivity contribution in [3.05, 3.63) is 40.6 Å². The molecule has 4 nitrogen and oxygen atoms in total. The molecular weight excluding hydrogens is 601 g/mol. The van der Waals surface area contributed by atoms with Crippen molar-refractivity contribution in [3.63, 3.8) is 0 Å². The Morgan fingerprint density at radius 2 is 1.80 bits per heavy atom. The predicted octanol–water partition coefficient (Wildman–Crippen LogP) is 3.78. The molecule has 0 bridgehead atoms. The molecular formula is C13H11I3O4. The topological polar surface area (TPSA) is 52.6 Å². The number of carbonyl (C=O) groups excluding carboxylic acids is 2. The lowest BCUT2D eigenvalue weighted by Crippen LogP contribution is -2.15. The van der Waals surface area contributed by atoms with E-state index >= 15 is 0 Å². The summed E-state index contributed by atoms with van der Waals surface area (Å²) in [6.45, 7) is 5.33. The summed E-state index contributed by atoms with van der Waals surface area (Å²) in [7, 11) is 0. The molecule has 0 spiro atoms. The molecule has 1 aromatic carbocycles. The molecule has 0 amide bonds. The highest BCUT2D eigenvalue weighted by Gasteiger charge is 2.17. The van der Waals surface area contributed by atoms with Crippen LogP contribution in [0, 0.1) is 10.7 Å². The Morgan fingerprint density at radius 1 is 1.15 bits per heavy atom. The van der Waals surface area contributed by atoms with E-state index in [1.807, 2.05) is 6.07 Å². The molecule has 0 atom stereocenters. The lowest BCUT2D eigenvalue weighted by Gasteiger charge is -2.09. The molecule has 0 saturated carbocycles. The molecule has 0 aliphatic heterocycles. The molecule has 0 aromatic heterocycles. The number of benzene rings is 1. The molecule has 0 aliphatic rings. The highest BCUT2D eigenvalue weighted by Crippen LogP contribution is 2.25. The van der Waals surface area contributed by atoms with Crippen LogP contribution in [0.15, 0.2) is 24.3 Å². The Balaban J connectivity index is 2.71. The highest BCUT2D eigenvalue weighted by atomic mass is 127. The first kappa shape index (κ1) is 18.1. The van der Waals surface area contributed by atoms with E-state index in [0.717, 1.165) is 10.7 Å². The smallest absolute Gasteiger partial charge is 0.339 e. The van der Waals surface area contributed by atoms with Gasteiger partial charge in [0.25, 0.3) is 0 Å². The summed E-state index contributed by atoms with van der Waals surface area (Å²) < 4.78 is 12.8. The summed E-state index contributed by atoms with van der Waals surface area (Å²) in [5.74, 6) is -1.03. The van der Waals surface area contributed by atoms with Crippen molar-refractivity contribution in [2.24, 2.45) is 0 Å². The number of ether oxygens (including phenoxy) is 2. The quantitative estimate of drug-likeness (QED) is 0.220. The van der Waals surface area contributed by atoms with Gasteiger partial charge in [0.05, 0.1) is 17.7 Å². The van der Waals surface area contributed by atoms with E-state index in [0.29, 0.717) is 5.56 Å². The number of hydrogen-bond acceptors (Lipinski definition) is 4. The molecule has 0 heterocycles. The van der Waals surface area contributed by atoms with Gasteiger partial charge in [-0.3, -0.25) is 0 Å². The van der Waals surface area contributed by atoms with Crippen molar-refractivity contribution in [2.75, 3.05) is 13.2 Å². The van der Waals surface area contributed by atoms with Crippen LogP contribution < -0.4 is 0 Å². The number of hydrogen-bond donors (Lipinski definition) is 0. The van der Waals surface area contributed by atoms with E-state index < -0.39 is 11.9 Å². The monoisotopic (exact) mass is 612 g/mol. The second kappa shape index (κ2) is 8.51. The minimum absolute atomic E-state index is 0.121. The Morgan fingerprint density at radius 3 is 2.40 bits per heavy atom. The summed E-state index contributed by atoms with van der Waals surface area (Å²) >= 11 is 6.48. The van der Waals surface area contributed by atoms with Crippen molar-refractivity contribution in [1.29, 1.82) is 0 Å². The second-order valence-electron chi connectivity index (χ2n) is 3.62. The average molecular weight is 612 g/mol. The van der Waals surface area contributed by atoms with Crippen LogP contribution in [0.2, 0.25) is 0 Å². The fraction of sp³-hybridized carbons (Fsp3) is 0.231. The fourth-order valence-electron chi connectivity index (χ4n) is 1.21. The van der Waals surface area contributed by atoms with Crippen LogP contribution in [0.1, 0.15) is 17.3 Å². The van der Waals surface area contributed by atoms with Gasteiger partial charge in [0.1, 0.15) is 6.61 Å². The van der Waals surface area contributed by atoms with Crippen LogP contribution in [0.5, 0.6) is 0 Å². The fourth-order valence-corrected chi connectivity index (χ4v) is 3.33. The van der Waals surface area contributed by atoms with Crippen LogP contribution in [0.3, 0.4) is 0 Å². The van der Waals surface area contributed by atoms with E-state index in [-0.39, 0.29) is 18.8 Å². The van der Waals surface area contributed by atoms with Crippen molar-refractivity contribution in [1.82, 2.24) is 0 Å². The summed E-state index contributed by atoms with van der Waals surface area (Å²) in [6, 6.07) is 3.56. The minimum Gasteiger partial charge on any atom is -0.463 e. The van der Waals surface area contributed by atoms with E-state index in [2.05, 4.69) is 74.4 Å². The Kier molecular flexibility index (Phi) is 7.72. The normalized spacial score (nSPS) is 10.0. The number of halogens is 3. The zero-order chi connectivity index (χ0) is 15.3. The third-order valence-corrected chi connectivity index (χ3v) is 7.40. The van der Waals surface area contributed by atoms with Gasteiger partial charge in [-0.2, -0.15) is 0 Å². The summed E-state index contributed by atoms with van der Waals surface area (Å²) in [5.41, 5.74) is 0.600. The molecule has 1 rings (SSSR count). The maximum Gasteiger partial charge on any atom is 0.339 e. The van der Waals surface area contributed by atoms with Gasteiger partial charge in [0, 0.05) is 10.7 Å². The Labute approximate surface area is 158 Å². The lowest BCUT2D eigenvalue weighted by atomic mass is 10.2.